The maximum absolute atomic E-state index is 12.0. The van der Waals surface area contributed by atoms with Gasteiger partial charge >= 0.3 is 0 Å². The summed E-state index contributed by atoms with van der Waals surface area (Å²) in [5, 5.41) is 7.60. The Labute approximate surface area is 140 Å². The number of aromatic nitrogens is 2. The Morgan fingerprint density at radius 1 is 0.958 bits per heavy atom. The van der Waals surface area contributed by atoms with Gasteiger partial charge in [0.05, 0.1) is 5.52 Å². The van der Waals surface area contributed by atoms with Gasteiger partial charge in [-0.1, -0.05) is 42.5 Å². The van der Waals surface area contributed by atoms with Gasteiger partial charge in [0.15, 0.2) is 5.69 Å². The fraction of sp³-hybridized carbons (Fsp3) is 0.263. The van der Waals surface area contributed by atoms with E-state index in [4.69, 9.17) is 5.73 Å². The van der Waals surface area contributed by atoms with Crippen LogP contribution in [0.15, 0.2) is 48.5 Å². The van der Waals surface area contributed by atoms with Crippen molar-refractivity contribution in [2.24, 2.45) is 5.73 Å². The fourth-order valence-corrected chi connectivity index (χ4v) is 3.47. The summed E-state index contributed by atoms with van der Waals surface area (Å²) in [5.74, 6) is -0.487. The van der Waals surface area contributed by atoms with Crippen molar-refractivity contribution in [2.45, 2.75) is 19.3 Å². The van der Waals surface area contributed by atoms with Gasteiger partial charge in [-0.2, -0.15) is 4.79 Å². The summed E-state index contributed by atoms with van der Waals surface area (Å²) in [6, 6.07) is 16.1. The minimum Gasteiger partial charge on any atom is -0.364 e. The molecular weight excluding hydrogens is 300 g/mol. The highest BCUT2D eigenvalue weighted by Gasteiger charge is 2.22. The molecule has 0 saturated carbocycles. The lowest BCUT2D eigenvalue weighted by molar-refractivity contribution is 0.0996. The van der Waals surface area contributed by atoms with Crippen LogP contribution >= 0.6 is 0 Å². The van der Waals surface area contributed by atoms with Crippen molar-refractivity contribution in [3.63, 3.8) is 0 Å². The molecule has 1 fully saturated rings. The highest BCUT2D eigenvalue weighted by atomic mass is 16.1. The Morgan fingerprint density at radius 3 is 2.42 bits per heavy atom. The van der Waals surface area contributed by atoms with Crippen LogP contribution in [0.25, 0.3) is 22.0 Å². The maximum atomic E-state index is 12.0. The van der Waals surface area contributed by atoms with Crippen LogP contribution in [0.2, 0.25) is 0 Å². The first kappa shape index (κ1) is 14.8. The molecule has 2 heterocycles. The Kier molecular flexibility index (Phi) is 3.69. The summed E-state index contributed by atoms with van der Waals surface area (Å²) in [7, 11) is 0. The summed E-state index contributed by atoms with van der Waals surface area (Å²) < 4.78 is 0. The van der Waals surface area contributed by atoms with E-state index < -0.39 is 5.91 Å². The Hall–Kier alpha value is -2.82. The highest BCUT2D eigenvalue weighted by molar-refractivity contribution is 6.10. The third-order valence-electron chi connectivity index (χ3n) is 4.61. The molecule has 0 unspecified atom stereocenters. The quantitative estimate of drug-likeness (QED) is 0.807. The van der Waals surface area contributed by atoms with E-state index in [-0.39, 0.29) is 0 Å². The molecule has 4 rings (SSSR count). The third kappa shape index (κ3) is 2.42. The van der Waals surface area contributed by atoms with Gasteiger partial charge < -0.3 is 5.73 Å². The van der Waals surface area contributed by atoms with Gasteiger partial charge in [0, 0.05) is 18.5 Å². The van der Waals surface area contributed by atoms with Crippen LogP contribution in [-0.2, 0) is 0 Å². The van der Waals surface area contributed by atoms with Crippen LogP contribution in [0.5, 0.6) is 0 Å². The zero-order chi connectivity index (χ0) is 16.5. The van der Waals surface area contributed by atoms with Crippen molar-refractivity contribution >= 4 is 16.8 Å². The Morgan fingerprint density at radius 2 is 1.71 bits per heavy atom. The SMILES string of the molecule is NC(=O)c1nn(N2CCCCC2)c2cccc(-c3ccccc3)c12. The molecule has 1 aromatic heterocycles. The molecule has 122 valence electrons. The van der Waals surface area contributed by atoms with Crippen LogP contribution in [0.4, 0.5) is 0 Å². The third-order valence-corrected chi connectivity index (χ3v) is 4.61. The van der Waals surface area contributed by atoms with Crippen molar-refractivity contribution in [2.75, 3.05) is 18.1 Å². The number of amides is 1. The molecule has 1 saturated heterocycles. The van der Waals surface area contributed by atoms with Gasteiger partial charge in [0.2, 0.25) is 0 Å². The predicted molar refractivity (Wildman–Crippen MR) is 95.5 cm³/mol. The van der Waals surface area contributed by atoms with E-state index in [0.29, 0.717) is 5.69 Å². The number of primary amides is 1. The van der Waals surface area contributed by atoms with E-state index in [1.165, 1.54) is 6.42 Å². The predicted octanol–water partition coefficient (Wildman–Crippen LogP) is 2.92. The number of nitrogens with two attached hydrogens (primary N) is 1. The molecule has 0 spiro atoms. The number of carbonyl (C=O) groups excluding carboxylic acids is 1. The number of carbonyl (C=O) groups is 1. The molecule has 24 heavy (non-hydrogen) atoms. The standard InChI is InChI=1S/C19H20N4O/c20-19(24)18-17-15(14-8-3-1-4-9-14)10-7-11-16(17)23(21-18)22-12-5-2-6-13-22/h1,3-4,7-11H,2,5-6,12-13H2,(H2,20,24). The van der Waals surface area contributed by atoms with Gasteiger partial charge in [-0.05, 0) is 36.5 Å². The van der Waals surface area contributed by atoms with E-state index in [1.807, 2.05) is 53.3 Å². The minimum absolute atomic E-state index is 0.343. The molecule has 0 radical (unpaired) electrons. The average Bonchev–Trinajstić information content (AvgIpc) is 3.03. The van der Waals surface area contributed by atoms with Gasteiger partial charge in [0.1, 0.15) is 0 Å². The molecule has 1 amide bonds. The summed E-state index contributed by atoms with van der Waals surface area (Å²) in [6.45, 7) is 1.90. The molecule has 0 atom stereocenters. The smallest absolute Gasteiger partial charge is 0.269 e. The first-order valence-corrected chi connectivity index (χ1v) is 8.38. The Bertz CT molecular complexity index is 879. The van der Waals surface area contributed by atoms with Crippen molar-refractivity contribution in [3.8, 4) is 11.1 Å². The van der Waals surface area contributed by atoms with E-state index in [2.05, 4.69) is 10.1 Å². The summed E-state index contributed by atoms with van der Waals surface area (Å²) >= 11 is 0. The molecule has 2 aromatic carbocycles. The average molecular weight is 320 g/mol. The van der Waals surface area contributed by atoms with Gasteiger partial charge in [-0.3, -0.25) is 9.80 Å². The molecule has 0 bridgehead atoms. The normalized spacial score (nSPS) is 14.9. The molecular formula is C19H20N4O. The second-order valence-electron chi connectivity index (χ2n) is 6.18. The van der Waals surface area contributed by atoms with Crippen molar-refractivity contribution in [1.29, 1.82) is 0 Å². The molecule has 3 aromatic rings. The zero-order valence-electron chi connectivity index (χ0n) is 13.5. The molecule has 5 nitrogen and oxygen atoms in total. The monoisotopic (exact) mass is 320 g/mol. The Balaban J connectivity index is 1.96. The van der Waals surface area contributed by atoms with E-state index in [1.54, 1.807) is 0 Å². The molecule has 1 aliphatic heterocycles. The lowest BCUT2D eigenvalue weighted by Crippen LogP contribution is -2.40. The van der Waals surface area contributed by atoms with Gasteiger partial charge in [-0.15, -0.1) is 5.10 Å². The first-order valence-electron chi connectivity index (χ1n) is 8.38. The highest BCUT2D eigenvalue weighted by Crippen LogP contribution is 2.31. The van der Waals surface area contributed by atoms with Crippen LogP contribution in [0.1, 0.15) is 29.8 Å². The topological polar surface area (TPSA) is 64.2 Å². The van der Waals surface area contributed by atoms with Crippen molar-refractivity contribution in [3.05, 3.63) is 54.2 Å². The summed E-state index contributed by atoms with van der Waals surface area (Å²) in [5.41, 5.74) is 8.97. The van der Waals surface area contributed by atoms with E-state index in [0.717, 1.165) is 48.0 Å². The number of nitrogens with zero attached hydrogens (tertiary/aromatic N) is 3. The van der Waals surface area contributed by atoms with Crippen LogP contribution < -0.4 is 10.7 Å². The zero-order valence-corrected chi connectivity index (χ0v) is 13.5. The summed E-state index contributed by atoms with van der Waals surface area (Å²) in [4.78, 5) is 13.9. The lowest BCUT2D eigenvalue weighted by Gasteiger charge is -2.28. The second kappa shape index (κ2) is 6.00. The number of hydrogen-bond acceptors (Lipinski definition) is 3. The fourth-order valence-electron chi connectivity index (χ4n) is 3.47. The van der Waals surface area contributed by atoms with Gasteiger partial charge in [-0.25, -0.2) is 0 Å². The molecule has 0 aliphatic carbocycles. The van der Waals surface area contributed by atoms with Crippen LogP contribution in [0, 0.1) is 0 Å². The number of hydrogen-bond donors (Lipinski definition) is 1. The number of piperidine rings is 1. The first-order chi connectivity index (χ1) is 11.8. The number of rotatable bonds is 3. The lowest BCUT2D eigenvalue weighted by atomic mass is 10.00. The molecule has 1 aliphatic rings. The summed E-state index contributed by atoms with van der Waals surface area (Å²) in [6.07, 6.45) is 3.53. The van der Waals surface area contributed by atoms with Crippen molar-refractivity contribution in [1.82, 2.24) is 9.89 Å². The number of benzene rings is 2. The largest absolute Gasteiger partial charge is 0.364 e. The van der Waals surface area contributed by atoms with E-state index >= 15 is 0 Å². The van der Waals surface area contributed by atoms with Crippen LogP contribution in [0.3, 0.4) is 0 Å². The van der Waals surface area contributed by atoms with Crippen LogP contribution in [-0.4, -0.2) is 28.9 Å². The second-order valence-corrected chi connectivity index (χ2v) is 6.18. The molecule has 2 N–H and O–H groups in total. The number of fused-ring (bicyclic) bond motifs is 1. The van der Waals surface area contributed by atoms with E-state index in [9.17, 15) is 4.79 Å². The van der Waals surface area contributed by atoms with Gasteiger partial charge in [0.25, 0.3) is 5.91 Å². The molecule has 5 heteroatoms. The van der Waals surface area contributed by atoms with Crippen molar-refractivity contribution < 1.29 is 4.79 Å². The minimum atomic E-state index is -0.487. The maximum Gasteiger partial charge on any atom is 0.269 e.